The van der Waals surface area contributed by atoms with Gasteiger partial charge in [0.15, 0.2) is 5.82 Å². The van der Waals surface area contributed by atoms with Crippen molar-refractivity contribution in [1.29, 1.82) is 0 Å². The van der Waals surface area contributed by atoms with Crippen molar-refractivity contribution in [2.75, 3.05) is 64.8 Å². The van der Waals surface area contributed by atoms with Crippen LogP contribution in [0.5, 0.6) is 0 Å². The molecule has 2 saturated heterocycles. The zero-order chi connectivity index (χ0) is 21.8. The number of morpholine rings is 1. The summed E-state index contributed by atoms with van der Waals surface area (Å²) in [7, 11) is 2.21. The fraction of sp³-hybridized carbons (Fsp3) is 0.462. The van der Waals surface area contributed by atoms with Gasteiger partial charge in [-0.1, -0.05) is 36.4 Å². The van der Waals surface area contributed by atoms with E-state index in [0.717, 1.165) is 80.6 Å². The van der Waals surface area contributed by atoms with Gasteiger partial charge in [0.2, 0.25) is 0 Å². The molecule has 1 N–H and O–H groups in total. The Labute approximate surface area is 190 Å². The van der Waals surface area contributed by atoms with E-state index < -0.39 is 0 Å². The molecule has 0 atom stereocenters. The first-order valence-electron chi connectivity index (χ1n) is 11.9. The third kappa shape index (κ3) is 4.93. The second-order valence-corrected chi connectivity index (χ2v) is 9.00. The van der Waals surface area contributed by atoms with Crippen molar-refractivity contribution in [3.8, 4) is 11.4 Å². The van der Waals surface area contributed by atoms with Crippen molar-refractivity contribution in [2.45, 2.75) is 18.8 Å². The summed E-state index contributed by atoms with van der Waals surface area (Å²) in [5.74, 6) is 2.33. The molecule has 0 bridgehead atoms. The van der Waals surface area contributed by atoms with Crippen LogP contribution < -0.4 is 5.32 Å². The van der Waals surface area contributed by atoms with Crippen LogP contribution in [0.1, 0.15) is 24.3 Å². The number of piperidine rings is 1. The second kappa shape index (κ2) is 9.94. The molecule has 3 aromatic rings. The average molecular weight is 432 g/mol. The smallest absolute Gasteiger partial charge is 0.162 e. The molecule has 0 radical (unpaired) electrons. The van der Waals surface area contributed by atoms with Crippen LogP contribution in [0.25, 0.3) is 22.3 Å². The summed E-state index contributed by atoms with van der Waals surface area (Å²) in [6, 6.07) is 17.1. The number of anilines is 1. The summed E-state index contributed by atoms with van der Waals surface area (Å²) in [6.07, 6.45) is 2.42. The van der Waals surface area contributed by atoms with Crippen molar-refractivity contribution >= 4 is 16.7 Å². The molecule has 0 unspecified atom stereocenters. The molecule has 2 aliphatic heterocycles. The molecule has 0 amide bonds. The number of benzene rings is 2. The number of rotatable bonds is 6. The van der Waals surface area contributed by atoms with Crippen molar-refractivity contribution in [3.63, 3.8) is 0 Å². The standard InChI is InChI=1S/C26H33N5O/c1-30-12-9-20(10-13-30)22-7-8-23-24(19-22)28-25(21-5-3-2-4-6-21)29-26(23)27-11-14-31-15-17-32-18-16-31/h2-8,19-20H,9-18H2,1H3,(H,27,28,29). The van der Waals surface area contributed by atoms with Crippen molar-refractivity contribution in [1.82, 2.24) is 19.8 Å². The minimum absolute atomic E-state index is 0.614. The van der Waals surface area contributed by atoms with E-state index in [1.54, 1.807) is 0 Å². The SMILES string of the molecule is CN1CCC(c2ccc3c(NCCN4CCOCC4)nc(-c4ccccc4)nc3c2)CC1. The first-order chi connectivity index (χ1) is 15.8. The minimum atomic E-state index is 0.614. The summed E-state index contributed by atoms with van der Waals surface area (Å²) in [4.78, 5) is 14.8. The van der Waals surface area contributed by atoms with Gasteiger partial charge in [0.25, 0.3) is 0 Å². The van der Waals surface area contributed by atoms with E-state index in [9.17, 15) is 0 Å². The maximum Gasteiger partial charge on any atom is 0.162 e. The first kappa shape index (κ1) is 21.3. The van der Waals surface area contributed by atoms with Crippen molar-refractivity contribution < 1.29 is 4.74 Å². The lowest BCUT2D eigenvalue weighted by molar-refractivity contribution is 0.0398. The monoisotopic (exact) mass is 431 g/mol. The van der Waals surface area contributed by atoms with E-state index in [4.69, 9.17) is 14.7 Å². The number of likely N-dealkylation sites (tertiary alicyclic amines) is 1. The normalized spacial score (nSPS) is 18.8. The molecule has 0 spiro atoms. The zero-order valence-corrected chi connectivity index (χ0v) is 19.0. The maximum atomic E-state index is 5.47. The van der Waals surface area contributed by atoms with Gasteiger partial charge in [-0.2, -0.15) is 0 Å². The lowest BCUT2D eigenvalue weighted by atomic mass is 9.89. The highest BCUT2D eigenvalue weighted by molar-refractivity contribution is 5.91. The third-order valence-electron chi connectivity index (χ3n) is 6.77. The van der Waals surface area contributed by atoms with E-state index in [1.165, 1.54) is 18.4 Å². The van der Waals surface area contributed by atoms with Gasteiger partial charge in [0, 0.05) is 37.1 Å². The van der Waals surface area contributed by atoms with Crippen molar-refractivity contribution in [3.05, 3.63) is 54.1 Å². The molecule has 0 aliphatic carbocycles. The molecule has 6 nitrogen and oxygen atoms in total. The highest BCUT2D eigenvalue weighted by Crippen LogP contribution is 2.32. The molecule has 3 heterocycles. The Morgan fingerprint density at radius 1 is 0.969 bits per heavy atom. The van der Waals surface area contributed by atoms with Gasteiger partial charge in [-0.05, 0) is 56.6 Å². The Hall–Kier alpha value is -2.54. The Balaban J connectivity index is 1.43. The maximum absolute atomic E-state index is 5.47. The van der Waals surface area contributed by atoms with Crippen LogP contribution in [0.4, 0.5) is 5.82 Å². The molecular formula is C26H33N5O. The number of aromatic nitrogens is 2. The predicted octanol–water partition coefficient (Wildman–Crippen LogP) is 3.85. The molecule has 0 saturated carbocycles. The Bertz CT molecular complexity index is 1030. The fourth-order valence-electron chi connectivity index (χ4n) is 4.75. The number of nitrogens with one attached hydrogen (secondary N) is 1. The number of hydrogen-bond acceptors (Lipinski definition) is 6. The van der Waals surface area contributed by atoms with Gasteiger partial charge in [-0.25, -0.2) is 9.97 Å². The van der Waals surface area contributed by atoms with Gasteiger partial charge in [0.1, 0.15) is 5.82 Å². The molecule has 6 heteroatoms. The van der Waals surface area contributed by atoms with Gasteiger partial charge in [0.05, 0.1) is 18.7 Å². The summed E-state index contributed by atoms with van der Waals surface area (Å²) in [5.41, 5.74) is 3.49. The Kier molecular flexibility index (Phi) is 6.62. The number of ether oxygens (including phenoxy) is 1. The molecule has 2 fully saturated rings. The van der Waals surface area contributed by atoms with Crippen LogP contribution in [0.3, 0.4) is 0 Å². The number of fused-ring (bicyclic) bond motifs is 1. The summed E-state index contributed by atoms with van der Waals surface area (Å²) >= 11 is 0. The van der Waals surface area contributed by atoms with Crippen molar-refractivity contribution in [2.24, 2.45) is 0 Å². The quantitative estimate of drug-likeness (QED) is 0.640. The highest BCUT2D eigenvalue weighted by atomic mass is 16.5. The van der Waals surface area contributed by atoms with Crippen LogP contribution in [0, 0.1) is 0 Å². The van der Waals surface area contributed by atoms with Crippen LogP contribution >= 0.6 is 0 Å². The van der Waals surface area contributed by atoms with Crippen LogP contribution in [-0.2, 0) is 4.74 Å². The van der Waals surface area contributed by atoms with E-state index in [2.05, 4.69) is 52.5 Å². The molecule has 2 aromatic carbocycles. The fourth-order valence-corrected chi connectivity index (χ4v) is 4.75. The zero-order valence-electron chi connectivity index (χ0n) is 19.0. The molecule has 32 heavy (non-hydrogen) atoms. The van der Waals surface area contributed by atoms with E-state index in [0.29, 0.717) is 5.92 Å². The summed E-state index contributed by atoms with van der Waals surface area (Å²) in [6.45, 7) is 7.83. The summed E-state index contributed by atoms with van der Waals surface area (Å²) in [5, 5.41) is 4.71. The van der Waals surface area contributed by atoms with Gasteiger partial charge in [-0.15, -0.1) is 0 Å². The molecule has 168 valence electrons. The largest absolute Gasteiger partial charge is 0.379 e. The van der Waals surface area contributed by atoms with E-state index >= 15 is 0 Å². The molecular weight excluding hydrogens is 398 g/mol. The van der Waals surface area contributed by atoms with Crippen LogP contribution in [0.2, 0.25) is 0 Å². The first-order valence-corrected chi connectivity index (χ1v) is 11.9. The Morgan fingerprint density at radius 3 is 2.53 bits per heavy atom. The third-order valence-corrected chi connectivity index (χ3v) is 6.77. The van der Waals surface area contributed by atoms with E-state index in [1.807, 2.05) is 18.2 Å². The van der Waals surface area contributed by atoms with E-state index in [-0.39, 0.29) is 0 Å². The second-order valence-electron chi connectivity index (χ2n) is 9.00. The van der Waals surface area contributed by atoms with Gasteiger partial charge in [-0.3, -0.25) is 4.90 Å². The molecule has 5 rings (SSSR count). The number of nitrogens with zero attached hydrogens (tertiary/aromatic N) is 4. The summed E-state index contributed by atoms with van der Waals surface area (Å²) < 4.78 is 5.47. The topological polar surface area (TPSA) is 53.5 Å². The number of hydrogen-bond donors (Lipinski definition) is 1. The molecule has 1 aromatic heterocycles. The lowest BCUT2D eigenvalue weighted by Gasteiger charge is -2.29. The van der Waals surface area contributed by atoms with Crippen LogP contribution in [-0.4, -0.2) is 79.3 Å². The molecule has 2 aliphatic rings. The highest BCUT2D eigenvalue weighted by Gasteiger charge is 2.20. The minimum Gasteiger partial charge on any atom is -0.379 e. The Morgan fingerprint density at radius 2 is 1.75 bits per heavy atom. The predicted molar refractivity (Wildman–Crippen MR) is 130 cm³/mol. The van der Waals surface area contributed by atoms with Gasteiger partial charge < -0.3 is 15.0 Å². The average Bonchev–Trinajstić information content (AvgIpc) is 2.85. The van der Waals surface area contributed by atoms with Crippen LogP contribution in [0.15, 0.2) is 48.5 Å². The lowest BCUT2D eigenvalue weighted by Crippen LogP contribution is -2.39. The van der Waals surface area contributed by atoms with Gasteiger partial charge >= 0.3 is 0 Å².